The Balaban J connectivity index is 3.11. The van der Waals surface area contributed by atoms with Crippen LogP contribution in [0.4, 0.5) is 0 Å². The number of benzene rings is 1. The van der Waals surface area contributed by atoms with Gasteiger partial charge in [0, 0.05) is 10.8 Å². The molecular formula is C12H18OS. The molecule has 0 aliphatic carbocycles. The van der Waals surface area contributed by atoms with E-state index in [9.17, 15) is 0 Å². The monoisotopic (exact) mass is 210 g/mol. The summed E-state index contributed by atoms with van der Waals surface area (Å²) in [6, 6.07) is 6.35. The van der Waals surface area contributed by atoms with Crippen LogP contribution in [0.1, 0.15) is 43.1 Å². The maximum absolute atomic E-state index is 5.35. The van der Waals surface area contributed by atoms with Gasteiger partial charge in [-0.1, -0.05) is 26.0 Å². The van der Waals surface area contributed by atoms with Gasteiger partial charge in [0.15, 0.2) is 0 Å². The zero-order valence-corrected chi connectivity index (χ0v) is 10.1. The molecule has 0 bridgehead atoms. The predicted molar refractivity (Wildman–Crippen MR) is 64.5 cm³/mol. The molecule has 1 aromatic carbocycles. The quantitative estimate of drug-likeness (QED) is 0.746. The van der Waals surface area contributed by atoms with Crippen LogP contribution in [-0.4, -0.2) is 7.11 Å². The summed E-state index contributed by atoms with van der Waals surface area (Å²) < 4.78 is 5.35. The van der Waals surface area contributed by atoms with Crippen LogP contribution in [-0.2, 0) is 0 Å². The zero-order valence-electron chi connectivity index (χ0n) is 9.24. The molecule has 78 valence electrons. The Labute approximate surface area is 91.9 Å². The first-order chi connectivity index (χ1) is 6.56. The summed E-state index contributed by atoms with van der Waals surface area (Å²) in [5, 5.41) is 0.214. The second-order valence-electron chi connectivity index (χ2n) is 3.83. The molecule has 0 fully saturated rings. The minimum atomic E-state index is 0.214. The van der Waals surface area contributed by atoms with Crippen molar-refractivity contribution in [2.45, 2.75) is 31.9 Å². The van der Waals surface area contributed by atoms with Gasteiger partial charge in [-0.15, -0.1) is 0 Å². The van der Waals surface area contributed by atoms with E-state index in [0.29, 0.717) is 5.92 Å². The number of rotatable bonds is 3. The summed E-state index contributed by atoms with van der Waals surface area (Å²) in [5.41, 5.74) is 2.46. The van der Waals surface area contributed by atoms with E-state index in [4.69, 9.17) is 4.74 Å². The molecule has 0 radical (unpaired) electrons. The van der Waals surface area contributed by atoms with E-state index in [2.05, 4.69) is 51.6 Å². The lowest BCUT2D eigenvalue weighted by molar-refractivity contribution is 0.409. The molecule has 1 unspecified atom stereocenters. The maximum Gasteiger partial charge on any atom is 0.123 e. The van der Waals surface area contributed by atoms with Crippen LogP contribution in [0.25, 0.3) is 0 Å². The van der Waals surface area contributed by atoms with Crippen molar-refractivity contribution >= 4 is 12.6 Å². The number of hydrogen-bond donors (Lipinski definition) is 1. The van der Waals surface area contributed by atoms with E-state index < -0.39 is 0 Å². The molecule has 0 N–H and O–H groups in total. The molecule has 0 aliphatic heterocycles. The first-order valence-electron chi connectivity index (χ1n) is 4.92. The lowest BCUT2D eigenvalue weighted by Gasteiger charge is -2.14. The highest BCUT2D eigenvalue weighted by atomic mass is 32.1. The lowest BCUT2D eigenvalue weighted by Crippen LogP contribution is -1.95. The normalized spacial score (nSPS) is 13.0. The highest BCUT2D eigenvalue weighted by molar-refractivity contribution is 7.80. The van der Waals surface area contributed by atoms with Gasteiger partial charge in [0.1, 0.15) is 5.75 Å². The van der Waals surface area contributed by atoms with E-state index >= 15 is 0 Å². The van der Waals surface area contributed by atoms with Crippen LogP contribution in [0.5, 0.6) is 5.75 Å². The summed E-state index contributed by atoms with van der Waals surface area (Å²) in [4.78, 5) is 0. The lowest BCUT2D eigenvalue weighted by atomic mass is 10.00. The average Bonchev–Trinajstić information content (AvgIpc) is 2.16. The standard InChI is InChI=1S/C12H18OS/c1-8(2)10-5-6-11(9(3)14)12(7-10)13-4/h5-9,14H,1-4H3. The van der Waals surface area contributed by atoms with Gasteiger partial charge in [-0.3, -0.25) is 0 Å². The molecule has 0 heterocycles. The number of hydrogen-bond acceptors (Lipinski definition) is 2. The molecular weight excluding hydrogens is 192 g/mol. The largest absolute Gasteiger partial charge is 0.496 e. The molecule has 1 aromatic rings. The third kappa shape index (κ3) is 2.44. The minimum Gasteiger partial charge on any atom is -0.496 e. The van der Waals surface area contributed by atoms with Crippen molar-refractivity contribution in [3.05, 3.63) is 29.3 Å². The van der Waals surface area contributed by atoms with E-state index in [-0.39, 0.29) is 5.25 Å². The predicted octanol–water partition coefficient (Wildman–Crippen LogP) is 3.81. The fourth-order valence-electron chi connectivity index (χ4n) is 1.43. The Morgan fingerprint density at radius 2 is 1.86 bits per heavy atom. The average molecular weight is 210 g/mol. The Morgan fingerprint density at radius 1 is 1.21 bits per heavy atom. The van der Waals surface area contributed by atoms with Crippen LogP contribution in [0.15, 0.2) is 18.2 Å². The highest BCUT2D eigenvalue weighted by Gasteiger charge is 2.09. The van der Waals surface area contributed by atoms with Crippen molar-refractivity contribution in [3.63, 3.8) is 0 Å². The maximum atomic E-state index is 5.35. The van der Waals surface area contributed by atoms with Crippen molar-refractivity contribution in [2.24, 2.45) is 0 Å². The summed E-state index contributed by atoms with van der Waals surface area (Å²) in [6.07, 6.45) is 0. The van der Waals surface area contributed by atoms with Gasteiger partial charge in [0.2, 0.25) is 0 Å². The molecule has 0 aromatic heterocycles. The molecule has 1 atom stereocenters. The fraction of sp³-hybridized carbons (Fsp3) is 0.500. The van der Waals surface area contributed by atoms with Crippen molar-refractivity contribution in [2.75, 3.05) is 7.11 Å². The van der Waals surface area contributed by atoms with Crippen LogP contribution >= 0.6 is 12.6 Å². The molecule has 1 nitrogen and oxygen atoms in total. The zero-order chi connectivity index (χ0) is 10.7. The first kappa shape index (κ1) is 11.4. The van der Waals surface area contributed by atoms with Gasteiger partial charge in [-0.05, 0) is 24.5 Å². The minimum absolute atomic E-state index is 0.214. The van der Waals surface area contributed by atoms with Crippen molar-refractivity contribution in [1.29, 1.82) is 0 Å². The van der Waals surface area contributed by atoms with Gasteiger partial charge in [0.05, 0.1) is 7.11 Å². The molecule has 1 rings (SSSR count). The summed E-state index contributed by atoms with van der Waals surface area (Å²) in [7, 11) is 1.71. The second kappa shape index (κ2) is 4.74. The number of thiol groups is 1. The van der Waals surface area contributed by atoms with E-state index in [1.807, 2.05) is 0 Å². The smallest absolute Gasteiger partial charge is 0.123 e. The van der Waals surface area contributed by atoms with Crippen molar-refractivity contribution in [3.8, 4) is 5.75 Å². The molecule has 14 heavy (non-hydrogen) atoms. The van der Waals surface area contributed by atoms with Gasteiger partial charge < -0.3 is 4.74 Å². The number of methoxy groups -OCH3 is 1. The number of ether oxygens (including phenoxy) is 1. The summed E-state index contributed by atoms with van der Waals surface area (Å²) >= 11 is 4.42. The summed E-state index contributed by atoms with van der Waals surface area (Å²) in [6.45, 7) is 6.41. The fourth-order valence-corrected chi connectivity index (χ4v) is 1.65. The third-order valence-electron chi connectivity index (χ3n) is 2.37. The highest BCUT2D eigenvalue weighted by Crippen LogP contribution is 2.31. The third-order valence-corrected chi connectivity index (χ3v) is 2.65. The van der Waals surface area contributed by atoms with Gasteiger partial charge in [-0.25, -0.2) is 0 Å². The van der Waals surface area contributed by atoms with E-state index in [1.165, 1.54) is 5.56 Å². The van der Waals surface area contributed by atoms with Crippen LogP contribution < -0.4 is 4.74 Å². The summed E-state index contributed by atoms with van der Waals surface area (Å²) in [5.74, 6) is 1.48. The first-order valence-corrected chi connectivity index (χ1v) is 5.43. The van der Waals surface area contributed by atoms with Crippen molar-refractivity contribution < 1.29 is 4.74 Å². The molecule has 0 saturated carbocycles. The Morgan fingerprint density at radius 3 is 2.29 bits per heavy atom. The van der Waals surface area contributed by atoms with E-state index in [1.54, 1.807) is 7.11 Å². The van der Waals surface area contributed by atoms with Crippen LogP contribution in [0, 0.1) is 0 Å². The molecule has 0 aliphatic rings. The van der Waals surface area contributed by atoms with Crippen molar-refractivity contribution in [1.82, 2.24) is 0 Å². The van der Waals surface area contributed by atoms with Crippen LogP contribution in [0.3, 0.4) is 0 Å². The molecule has 0 amide bonds. The molecule has 2 heteroatoms. The van der Waals surface area contributed by atoms with Crippen LogP contribution in [0.2, 0.25) is 0 Å². The Hall–Kier alpha value is -0.630. The van der Waals surface area contributed by atoms with Gasteiger partial charge in [0.25, 0.3) is 0 Å². The van der Waals surface area contributed by atoms with Gasteiger partial charge >= 0.3 is 0 Å². The Bertz CT molecular complexity index is 305. The Kier molecular flexibility index (Phi) is 3.87. The van der Waals surface area contributed by atoms with E-state index in [0.717, 1.165) is 11.3 Å². The van der Waals surface area contributed by atoms with Gasteiger partial charge in [-0.2, -0.15) is 12.6 Å². The topological polar surface area (TPSA) is 9.23 Å². The molecule has 0 spiro atoms. The SMILES string of the molecule is COc1cc(C(C)C)ccc1C(C)S. The molecule has 0 saturated heterocycles. The second-order valence-corrected chi connectivity index (χ2v) is 4.61.